The van der Waals surface area contributed by atoms with Gasteiger partial charge in [0, 0.05) is 12.6 Å². The largest absolute Gasteiger partial charge is 0.481 e. The van der Waals surface area contributed by atoms with Crippen molar-refractivity contribution >= 4 is 24.8 Å². The molecule has 0 aliphatic carbocycles. The molecule has 0 aliphatic heterocycles. The van der Waals surface area contributed by atoms with Crippen LogP contribution in [0.5, 0.6) is 5.88 Å². The van der Waals surface area contributed by atoms with E-state index in [0.717, 1.165) is 5.69 Å². The fourth-order valence-corrected chi connectivity index (χ4v) is 0.600. The number of nitrogens with zero attached hydrogens (tertiary/aromatic N) is 2. The van der Waals surface area contributed by atoms with Crippen molar-refractivity contribution in [3.63, 3.8) is 0 Å². The predicted octanol–water partition coefficient (Wildman–Crippen LogP) is 0.787. The zero-order chi connectivity index (χ0) is 7.40. The van der Waals surface area contributed by atoms with Gasteiger partial charge in [-0.25, -0.2) is 9.97 Å². The number of hydrogen-bond donors (Lipinski definition) is 1. The zero-order valence-electron chi connectivity index (χ0n) is 6.56. The summed E-state index contributed by atoms with van der Waals surface area (Å²) in [6.07, 6.45) is 1.43. The van der Waals surface area contributed by atoms with Gasteiger partial charge in [-0.1, -0.05) is 0 Å². The minimum Gasteiger partial charge on any atom is -0.481 e. The van der Waals surface area contributed by atoms with Gasteiger partial charge in [0.2, 0.25) is 5.88 Å². The summed E-state index contributed by atoms with van der Waals surface area (Å²) in [6.45, 7) is 0.416. The van der Waals surface area contributed by atoms with E-state index in [1.807, 2.05) is 0 Å². The molecule has 0 radical (unpaired) electrons. The first-order chi connectivity index (χ1) is 4.86. The molecule has 4 nitrogen and oxygen atoms in total. The van der Waals surface area contributed by atoms with Crippen LogP contribution >= 0.6 is 24.8 Å². The van der Waals surface area contributed by atoms with Crippen LogP contribution in [0.15, 0.2) is 12.4 Å². The highest BCUT2D eigenvalue weighted by Crippen LogP contribution is 2.03. The third-order valence-electron chi connectivity index (χ3n) is 1.12. The van der Waals surface area contributed by atoms with E-state index < -0.39 is 0 Å². The summed E-state index contributed by atoms with van der Waals surface area (Å²) in [6, 6.07) is 1.71. The quantitative estimate of drug-likeness (QED) is 0.787. The Balaban J connectivity index is 0. The highest BCUT2D eigenvalue weighted by atomic mass is 35.5. The summed E-state index contributed by atoms with van der Waals surface area (Å²) in [7, 11) is 1.56. The van der Waals surface area contributed by atoms with Crippen molar-refractivity contribution in [3.8, 4) is 5.88 Å². The predicted molar refractivity (Wildman–Crippen MR) is 51.0 cm³/mol. The third-order valence-corrected chi connectivity index (χ3v) is 1.12. The minimum atomic E-state index is 0. The van der Waals surface area contributed by atoms with Crippen LogP contribution in [-0.4, -0.2) is 17.1 Å². The molecular formula is C6H11Cl2N3O. The van der Waals surface area contributed by atoms with Gasteiger partial charge in [-0.05, 0) is 0 Å². The molecule has 0 aliphatic rings. The van der Waals surface area contributed by atoms with Gasteiger partial charge >= 0.3 is 0 Å². The molecule has 0 fully saturated rings. The third kappa shape index (κ3) is 3.71. The van der Waals surface area contributed by atoms with Gasteiger partial charge < -0.3 is 10.5 Å². The molecule has 0 unspecified atom stereocenters. The van der Waals surface area contributed by atoms with Crippen molar-refractivity contribution in [2.75, 3.05) is 7.11 Å². The lowest BCUT2D eigenvalue weighted by atomic mass is 10.4. The molecule has 1 aromatic heterocycles. The van der Waals surface area contributed by atoms with E-state index in [1.165, 1.54) is 6.33 Å². The Bertz CT molecular complexity index is 202. The van der Waals surface area contributed by atoms with E-state index >= 15 is 0 Å². The molecule has 0 aromatic carbocycles. The van der Waals surface area contributed by atoms with Gasteiger partial charge in [0.15, 0.2) is 0 Å². The number of halogens is 2. The normalized spacial score (nSPS) is 7.83. The monoisotopic (exact) mass is 211 g/mol. The number of hydrogen-bond acceptors (Lipinski definition) is 4. The van der Waals surface area contributed by atoms with Gasteiger partial charge in [-0.3, -0.25) is 0 Å². The number of rotatable bonds is 2. The maximum absolute atomic E-state index is 5.33. The van der Waals surface area contributed by atoms with E-state index in [2.05, 4.69) is 9.97 Å². The molecule has 6 heteroatoms. The summed E-state index contributed by atoms with van der Waals surface area (Å²) in [5.41, 5.74) is 6.11. The smallest absolute Gasteiger partial charge is 0.216 e. The molecule has 1 aromatic rings. The minimum absolute atomic E-state index is 0. The molecule has 70 valence electrons. The highest BCUT2D eigenvalue weighted by Gasteiger charge is 1.93. The molecule has 0 saturated heterocycles. The molecule has 0 amide bonds. The van der Waals surface area contributed by atoms with Crippen LogP contribution in [0.2, 0.25) is 0 Å². The van der Waals surface area contributed by atoms with Crippen LogP contribution in [0.3, 0.4) is 0 Å². The molecule has 2 N–H and O–H groups in total. The van der Waals surface area contributed by atoms with Gasteiger partial charge in [0.05, 0.1) is 12.8 Å². The topological polar surface area (TPSA) is 61.0 Å². The fraction of sp³-hybridized carbons (Fsp3) is 0.333. The maximum atomic E-state index is 5.33. The molecule has 0 spiro atoms. The molecule has 0 saturated carbocycles. The van der Waals surface area contributed by atoms with Gasteiger partial charge in [-0.15, -0.1) is 24.8 Å². The summed E-state index contributed by atoms with van der Waals surface area (Å²) in [5.74, 6) is 0.551. The van der Waals surface area contributed by atoms with E-state index in [9.17, 15) is 0 Å². The SMILES string of the molecule is COc1cc(CN)ncn1.Cl.Cl. The van der Waals surface area contributed by atoms with Gasteiger partial charge in [0.25, 0.3) is 0 Å². The maximum Gasteiger partial charge on any atom is 0.216 e. The molecule has 1 rings (SSSR count). The van der Waals surface area contributed by atoms with Crippen LogP contribution in [0.25, 0.3) is 0 Å². The van der Waals surface area contributed by atoms with Crippen molar-refractivity contribution in [2.45, 2.75) is 6.54 Å². The van der Waals surface area contributed by atoms with Gasteiger partial charge in [0.1, 0.15) is 6.33 Å². The van der Waals surface area contributed by atoms with Crippen LogP contribution in [0.4, 0.5) is 0 Å². The fourth-order valence-electron chi connectivity index (χ4n) is 0.600. The van der Waals surface area contributed by atoms with Crippen molar-refractivity contribution in [3.05, 3.63) is 18.1 Å². The highest BCUT2D eigenvalue weighted by molar-refractivity contribution is 5.85. The van der Waals surface area contributed by atoms with E-state index in [0.29, 0.717) is 12.4 Å². The zero-order valence-corrected chi connectivity index (χ0v) is 8.19. The Morgan fingerprint density at radius 3 is 2.58 bits per heavy atom. The van der Waals surface area contributed by atoms with Crippen LogP contribution < -0.4 is 10.5 Å². The number of nitrogens with two attached hydrogens (primary N) is 1. The lowest BCUT2D eigenvalue weighted by molar-refractivity contribution is 0.396. The Labute approximate surface area is 83.4 Å². The average Bonchev–Trinajstić information content (AvgIpc) is 2.05. The number of ether oxygens (including phenoxy) is 1. The number of aromatic nitrogens is 2. The van der Waals surface area contributed by atoms with Crippen LogP contribution in [0, 0.1) is 0 Å². The lowest BCUT2D eigenvalue weighted by Gasteiger charge is -1.98. The van der Waals surface area contributed by atoms with Crippen molar-refractivity contribution in [1.82, 2.24) is 9.97 Å². The Morgan fingerprint density at radius 2 is 2.08 bits per heavy atom. The average molecular weight is 212 g/mol. The standard InChI is InChI=1S/C6H9N3O.2ClH/c1-10-6-2-5(3-7)8-4-9-6;;/h2,4H,3,7H2,1H3;2*1H. The van der Waals surface area contributed by atoms with Crippen molar-refractivity contribution in [1.29, 1.82) is 0 Å². The van der Waals surface area contributed by atoms with Crippen molar-refractivity contribution in [2.24, 2.45) is 5.73 Å². The van der Waals surface area contributed by atoms with E-state index in [1.54, 1.807) is 13.2 Å². The van der Waals surface area contributed by atoms with Gasteiger partial charge in [-0.2, -0.15) is 0 Å². The second kappa shape index (κ2) is 7.09. The van der Waals surface area contributed by atoms with E-state index in [-0.39, 0.29) is 24.8 Å². The second-order valence-corrected chi connectivity index (χ2v) is 1.76. The Hall–Kier alpha value is -0.580. The summed E-state index contributed by atoms with van der Waals surface area (Å²) >= 11 is 0. The Morgan fingerprint density at radius 1 is 1.42 bits per heavy atom. The summed E-state index contributed by atoms with van der Waals surface area (Å²) < 4.78 is 4.85. The second-order valence-electron chi connectivity index (χ2n) is 1.76. The summed E-state index contributed by atoms with van der Waals surface area (Å²) in [5, 5.41) is 0. The Kier molecular flexibility index (Phi) is 8.26. The first-order valence-electron chi connectivity index (χ1n) is 2.92. The lowest BCUT2D eigenvalue weighted by Crippen LogP contribution is -2.00. The molecule has 1 heterocycles. The first-order valence-corrected chi connectivity index (χ1v) is 2.92. The van der Waals surface area contributed by atoms with Crippen molar-refractivity contribution < 1.29 is 4.74 Å². The summed E-state index contributed by atoms with van der Waals surface area (Å²) in [4.78, 5) is 7.71. The molecular weight excluding hydrogens is 201 g/mol. The number of methoxy groups -OCH3 is 1. The van der Waals surface area contributed by atoms with Crippen LogP contribution in [-0.2, 0) is 6.54 Å². The molecule has 0 atom stereocenters. The van der Waals surface area contributed by atoms with E-state index in [4.69, 9.17) is 10.5 Å². The first kappa shape index (κ1) is 14.0. The molecule has 12 heavy (non-hydrogen) atoms. The molecule has 0 bridgehead atoms. The van der Waals surface area contributed by atoms with Crippen LogP contribution in [0.1, 0.15) is 5.69 Å².